The molecular weight excluding hydrogens is 276 g/mol. The van der Waals surface area contributed by atoms with Gasteiger partial charge in [0.25, 0.3) is 0 Å². The first-order valence-electron chi connectivity index (χ1n) is 8.88. The molecule has 22 heavy (non-hydrogen) atoms. The minimum Gasteiger partial charge on any atom is -0.377 e. The molecule has 2 rings (SSSR count). The van der Waals surface area contributed by atoms with Crippen LogP contribution in [0, 0.1) is 0 Å². The molecule has 0 saturated carbocycles. The molecule has 126 valence electrons. The van der Waals surface area contributed by atoms with E-state index in [1.807, 2.05) is 0 Å². The van der Waals surface area contributed by atoms with Crippen LogP contribution in [0.1, 0.15) is 39.0 Å². The number of likely N-dealkylation sites (tertiary alicyclic amines) is 1. The van der Waals surface area contributed by atoms with E-state index in [4.69, 9.17) is 9.73 Å². The fraction of sp³-hybridized carbons (Fsp3) is 0.824. The molecule has 2 aliphatic rings. The van der Waals surface area contributed by atoms with Crippen molar-refractivity contribution in [1.29, 1.82) is 0 Å². The van der Waals surface area contributed by atoms with Gasteiger partial charge < -0.3 is 20.3 Å². The fourth-order valence-electron chi connectivity index (χ4n) is 2.96. The van der Waals surface area contributed by atoms with Gasteiger partial charge in [0.15, 0.2) is 5.96 Å². The summed E-state index contributed by atoms with van der Waals surface area (Å²) >= 11 is 0. The van der Waals surface area contributed by atoms with Crippen molar-refractivity contribution in [3.63, 3.8) is 0 Å². The van der Waals surface area contributed by atoms with E-state index in [1.165, 1.54) is 37.9 Å². The molecule has 0 aromatic heterocycles. The minimum atomic E-state index is 0.777. The van der Waals surface area contributed by atoms with Crippen molar-refractivity contribution in [2.45, 2.75) is 39.0 Å². The maximum Gasteiger partial charge on any atom is 0.191 e. The first-order chi connectivity index (χ1) is 10.9. The van der Waals surface area contributed by atoms with Gasteiger partial charge in [0.1, 0.15) is 0 Å². The third kappa shape index (κ3) is 6.79. The molecule has 0 aliphatic carbocycles. The summed E-state index contributed by atoms with van der Waals surface area (Å²) in [5.41, 5.74) is 1.50. The Kier molecular flexibility index (Phi) is 8.35. The maximum absolute atomic E-state index is 5.34. The van der Waals surface area contributed by atoms with Crippen LogP contribution in [0.4, 0.5) is 0 Å². The molecule has 1 fully saturated rings. The monoisotopic (exact) mass is 308 g/mol. The first kappa shape index (κ1) is 17.3. The molecule has 1 saturated heterocycles. The molecule has 2 heterocycles. The van der Waals surface area contributed by atoms with E-state index in [-0.39, 0.29) is 0 Å². The molecule has 0 radical (unpaired) electrons. The third-order valence-electron chi connectivity index (χ3n) is 4.27. The molecule has 0 bridgehead atoms. The number of piperidine rings is 1. The van der Waals surface area contributed by atoms with E-state index in [0.29, 0.717) is 0 Å². The summed E-state index contributed by atoms with van der Waals surface area (Å²) in [6.45, 7) is 10.1. The summed E-state index contributed by atoms with van der Waals surface area (Å²) in [5.74, 6) is 0.951. The highest BCUT2D eigenvalue weighted by molar-refractivity contribution is 5.79. The number of hydrogen-bond donors (Lipinski definition) is 2. The molecule has 5 heteroatoms. The number of nitrogens with zero attached hydrogens (tertiary/aromatic N) is 2. The molecule has 0 spiro atoms. The summed E-state index contributed by atoms with van der Waals surface area (Å²) in [4.78, 5) is 7.23. The van der Waals surface area contributed by atoms with E-state index in [1.54, 1.807) is 0 Å². The summed E-state index contributed by atoms with van der Waals surface area (Å²) in [6, 6.07) is 0. The van der Waals surface area contributed by atoms with Gasteiger partial charge in [0.05, 0.1) is 19.8 Å². The Balaban J connectivity index is 1.66. The van der Waals surface area contributed by atoms with Crippen molar-refractivity contribution in [2.24, 2.45) is 4.99 Å². The van der Waals surface area contributed by atoms with Crippen LogP contribution >= 0.6 is 0 Å². The number of guanidine groups is 1. The van der Waals surface area contributed by atoms with Crippen LogP contribution < -0.4 is 10.6 Å². The van der Waals surface area contributed by atoms with Crippen LogP contribution in [0.5, 0.6) is 0 Å². The van der Waals surface area contributed by atoms with Gasteiger partial charge in [0.2, 0.25) is 0 Å². The van der Waals surface area contributed by atoms with Gasteiger partial charge in [-0.25, -0.2) is 0 Å². The van der Waals surface area contributed by atoms with Crippen LogP contribution in [-0.2, 0) is 4.74 Å². The van der Waals surface area contributed by atoms with Gasteiger partial charge in [-0.1, -0.05) is 18.1 Å². The topological polar surface area (TPSA) is 48.9 Å². The minimum absolute atomic E-state index is 0.777. The zero-order valence-electron chi connectivity index (χ0n) is 14.1. The predicted octanol–water partition coefficient (Wildman–Crippen LogP) is 1.76. The summed E-state index contributed by atoms with van der Waals surface area (Å²) in [7, 11) is 0. The molecular formula is C17H32N4O. The van der Waals surface area contributed by atoms with E-state index in [9.17, 15) is 0 Å². The Morgan fingerprint density at radius 2 is 2.14 bits per heavy atom. The van der Waals surface area contributed by atoms with E-state index in [0.717, 1.165) is 58.2 Å². The van der Waals surface area contributed by atoms with Crippen molar-refractivity contribution in [1.82, 2.24) is 15.5 Å². The number of nitrogens with one attached hydrogen (secondary N) is 2. The third-order valence-corrected chi connectivity index (χ3v) is 4.27. The Bertz CT molecular complexity index is 362. The second-order valence-corrected chi connectivity index (χ2v) is 6.03. The molecule has 0 amide bonds. The molecule has 2 N–H and O–H groups in total. The Morgan fingerprint density at radius 3 is 2.86 bits per heavy atom. The zero-order valence-corrected chi connectivity index (χ0v) is 14.1. The van der Waals surface area contributed by atoms with Crippen LogP contribution in [0.3, 0.4) is 0 Å². The van der Waals surface area contributed by atoms with Gasteiger partial charge >= 0.3 is 0 Å². The van der Waals surface area contributed by atoms with Crippen LogP contribution in [0.25, 0.3) is 0 Å². The zero-order chi connectivity index (χ0) is 15.5. The lowest BCUT2D eigenvalue weighted by Crippen LogP contribution is -2.39. The van der Waals surface area contributed by atoms with Crippen molar-refractivity contribution >= 4 is 5.96 Å². The fourth-order valence-corrected chi connectivity index (χ4v) is 2.96. The van der Waals surface area contributed by atoms with Crippen LogP contribution in [-0.4, -0.2) is 63.3 Å². The Hall–Kier alpha value is -1.07. The Morgan fingerprint density at radius 1 is 1.27 bits per heavy atom. The highest BCUT2D eigenvalue weighted by Gasteiger charge is 2.09. The number of rotatable bonds is 7. The lowest BCUT2D eigenvalue weighted by atomic mass is 10.1. The van der Waals surface area contributed by atoms with Crippen molar-refractivity contribution in [2.75, 3.05) is 52.5 Å². The van der Waals surface area contributed by atoms with E-state index < -0.39 is 0 Å². The van der Waals surface area contributed by atoms with Crippen molar-refractivity contribution in [3.8, 4) is 0 Å². The smallest absolute Gasteiger partial charge is 0.191 e. The highest BCUT2D eigenvalue weighted by Crippen LogP contribution is 2.10. The first-order valence-corrected chi connectivity index (χ1v) is 8.88. The summed E-state index contributed by atoms with van der Waals surface area (Å²) < 4.78 is 5.34. The lowest BCUT2D eigenvalue weighted by Gasteiger charge is -2.25. The summed E-state index contributed by atoms with van der Waals surface area (Å²) in [5, 5.41) is 6.78. The highest BCUT2D eigenvalue weighted by atomic mass is 16.5. The molecule has 0 aromatic rings. The number of hydrogen-bond acceptors (Lipinski definition) is 3. The van der Waals surface area contributed by atoms with Gasteiger partial charge in [0, 0.05) is 19.6 Å². The number of aliphatic imine (C=N–C) groups is 1. The van der Waals surface area contributed by atoms with E-state index >= 15 is 0 Å². The van der Waals surface area contributed by atoms with Gasteiger partial charge in [-0.2, -0.15) is 0 Å². The predicted molar refractivity (Wildman–Crippen MR) is 92.4 cm³/mol. The Labute approximate surface area is 135 Å². The standard InChI is InChI=1S/C17H32N4O/c1-2-18-17(19-9-6-16-7-14-22-15-8-16)20-10-13-21-11-4-3-5-12-21/h7H,2-6,8-15H2,1H3,(H2,18,19,20). The molecule has 0 unspecified atom stereocenters. The quantitative estimate of drug-likeness (QED) is 0.427. The van der Waals surface area contributed by atoms with Crippen LogP contribution in [0.2, 0.25) is 0 Å². The largest absolute Gasteiger partial charge is 0.377 e. The normalized spacial score (nSPS) is 20.6. The van der Waals surface area contributed by atoms with Gasteiger partial charge in [-0.15, -0.1) is 0 Å². The second kappa shape index (κ2) is 10.6. The van der Waals surface area contributed by atoms with Crippen molar-refractivity contribution in [3.05, 3.63) is 11.6 Å². The SMILES string of the molecule is CCNC(=NCCN1CCCCC1)NCCC1=CCOCC1. The molecule has 5 nitrogen and oxygen atoms in total. The lowest BCUT2D eigenvalue weighted by molar-refractivity contribution is 0.153. The second-order valence-electron chi connectivity index (χ2n) is 6.03. The van der Waals surface area contributed by atoms with Gasteiger partial charge in [-0.05, 0) is 45.7 Å². The van der Waals surface area contributed by atoms with Crippen LogP contribution in [0.15, 0.2) is 16.6 Å². The van der Waals surface area contributed by atoms with Crippen molar-refractivity contribution < 1.29 is 4.74 Å². The number of ether oxygens (including phenoxy) is 1. The molecule has 0 aromatic carbocycles. The van der Waals surface area contributed by atoms with E-state index in [2.05, 4.69) is 28.5 Å². The summed E-state index contributed by atoms with van der Waals surface area (Å²) in [6.07, 6.45) is 8.46. The van der Waals surface area contributed by atoms with Gasteiger partial charge in [-0.3, -0.25) is 4.99 Å². The average molecular weight is 308 g/mol. The maximum atomic E-state index is 5.34. The molecule has 2 aliphatic heterocycles. The molecule has 0 atom stereocenters. The average Bonchev–Trinajstić information content (AvgIpc) is 2.57.